The molecule has 0 saturated carbocycles. The number of ether oxygens (including phenoxy) is 2. The minimum Gasteiger partial charge on any atom is -0.496 e. The number of carbonyl (C=O) groups is 1. The number of benzene rings is 1. The molecule has 1 aromatic carbocycles. The van der Waals surface area contributed by atoms with E-state index in [1.807, 2.05) is 19.1 Å². The second kappa shape index (κ2) is 7.24. The van der Waals surface area contributed by atoms with Crippen molar-refractivity contribution in [3.63, 3.8) is 0 Å². The molecule has 0 radical (unpaired) electrons. The number of aryl methyl sites for hydroxylation is 1. The summed E-state index contributed by atoms with van der Waals surface area (Å²) in [5.41, 5.74) is 2.19. The van der Waals surface area contributed by atoms with Gasteiger partial charge in [-0.25, -0.2) is 0 Å². The first-order chi connectivity index (χ1) is 10.1. The highest BCUT2D eigenvalue weighted by Crippen LogP contribution is 2.30. The van der Waals surface area contributed by atoms with Crippen LogP contribution in [-0.4, -0.2) is 47.7 Å². The molecular formula is C15H19NO3S2. The van der Waals surface area contributed by atoms with Crippen LogP contribution in [-0.2, 0) is 16.0 Å². The summed E-state index contributed by atoms with van der Waals surface area (Å²) in [7, 11) is 3.28. The van der Waals surface area contributed by atoms with Gasteiger partial charge in [-0.1, -0.05) is 36.1 Å². The van der Waals surface area contributed by atoms with Gasteiger partial charge in [0.15, 0.2) is 0 Å². The van der Waals surface area contributed by atoms with E-state index in [-0.39, 0.29) is 11.2 Å². The number of methoxy groups -OCH3 is 2. The summed E-state index contributed by atoms with van der Waals surface area (Å²) < 4.78 is 10.9. The number of hydrogen-bond acceptors (Lipinski definition) is 5. The van der Waals surface area contributed by atoms with Gasteiger partial charge in [0.1, 0.15) is 10.1 Å². The van der Waals surface area contributed by atoms with Gasteiger partial charge in [-0.15, -0.1) is 0 Å². The van der Waals surface area contributed by atoms with Crippen LogP contribution in [0.5, 0.6) is 5.75 Å². The summed E-state index contributed by atoms with van der Waals surface area (Å²) in [4.78, 5) is 14.0. The Morgan fingerprint density at radius 2 is 2.14 bits per heavy atom. The van der Waals surface area contributed by atoms with Crippen molar-refractivity contribution in [3.8, 4) is 5.75 Å². The van der Waals surface area contributed by atoms with Gasteiger partial charge in [0.05, 0.1) is 25.5 Å². The maximum atomic E-state index is 12.4. The average molecular weight is 325 g/mol. The van der Waals surface area contributed by atoms with Crippen LogP contribution in [0.4, 0.5) is 0 Å². The highest BCUT2D eigenvalue weighted by Gasteiger charge is 2.36. The van der Waals surface area contributed by atoms with Crippen molar-refractivity contribution >= 4 is 34.2 Å². The van der Waals surface area contributed by atoms with Crippen LogP contribution in [0.1, 0.15) is 11.1 Å². The number of thioether (sulfide) groups is 1. The van der Waals surface area contributed by atoms with Gasteiger partial charge in [0.25, 0.3) is 0 Å². The molecular weight excluding hydrogens is 306 g/mol. The first kappa shape index (κ1) is 16.3. The molecule has 0 aromatic heterocycles. The molecule has 0 unspecified atom stereocenters. The van der Waals surface area contributed by atoms with E-state index in [0.29, 0.717) is 23.9 Å². The Kier molecular flexibility index (Phi) is 5.61. The number of rotatable bonds is 6. The zero-order chi connectivity index (χ0) is 15.4. The summed E-state index contributed by atoms with van der Waals surface area (Å²) in [6.07, 6.45) is 0.679. The summed E-state index contributed by atoms with van der Waals surface area (Å²) in [6, 6.07) is 6.00. The predicted octanol–water partition coefficient (Wildman–Crippen LogP) is 2.42. The van der Waals surface area contributed by atoms with Crippen molar-refractivity contribution in [1.29, 1.82) is 0 Å². The van der Waals surface area contributed by atoms with Gasteiger partial charge >= 0.3 is 0 Å². The van der Waals surface area contributed by atoms with Crippen molar-refractivity contribution in [1.82, 2.24) is 4.90 Å². The predicted molar refractivity (Wildman–Crippen MR) is 89.0 cm³/mol. The first-order valence-electron chi connectivity index (χ1n) is 6.71. The summed E-state index contributed by atoms with van der Waals surface area (Å²) in [6.45, 7) is 3.03. The van der Waals surface area contributed by atoms with E-state index in [4.69, 9.17) is 21.7 Å². The first-order valence-corrected chi connectivity index (χ1v) is 8.00. The Morgan fingerprint density at radius 3 is 2.76 bits per heavy atom. The maximum Gasteiger partial charge on any atom is 0.242 e. The van der Waals surface area contributed by atoms with E-state index in [1.165, 1.54) is 11.8 Å². The Labute approximate surface area is 134 Å². The number of nitrogens with zero attached hydrogens (tertiary/aromatic N) is 1. The second-order valence-electron chi connectivity index (χ2n) is 4.86. The van der Waals surface area contributed by atoms with Crippen molar-refractivity contribution in [3.05, 3.63) is 29.3 Å². The normalized spacial score (nSPS) is 18.4. The van der Waals surface area contributed by atoms with Crippen LogP contribution < -0.4 is 4.74 Å². The third-order valence-electron chi connectivity index (χ3n) is 3.40. The van der Waals surface area contributed by atoms with Gasteiger partial charge in [-0.2, -0.15) is 0 Å². The molecule has 1 heterocycles. The molecule has 1 amide bonds. The maximum absolute atomic E-state index is 12.4. The van der Waals surface area contributed by atoms with Crippen molar-refractivity contribution in [2.24, 2.45) is 0 Å². The molecule has 114 valence electrons. The Morgan fingerprint density at radius 1 is 1.38 bits per heavy atom. The zero-order valence-electron chi connectivity index (χ0n) is 12.4. The van der Waals surface area contributed by atoms with Gasteiger partial charge in [0.2, 0.25) is 5.91 Å². The van der Waals surface area contributed by atoms with Gasteiger partial charge in [0, 0.05) is 7.11 Å². The second-order valence-corrected chi connectivity index (χ2v) is 6.70. The number of thiocarbonyl (C=S) groups is 1. The van der Waals surface area contributed by atoms with Crippen molar-refractivity contribution in [2.75, 3.05) is 27.4 Å². The van der Waals surface area contributed by atoms with Gasteiger partial charge in [-0.3, -0.25) is 9.69 Å². The molecule has 2 rings (SSSR count). The molecule has 21 heavy (non-hydrogen) atoms. The highest BCUT2D eigenvalue weighted by molar-refractivity contribution is 8.24. The minimum atomic E-state index is -0.137. The third kappa shape index (κ3) is 3.75. The fourth-order valence-corrected chi connectivity index (χ4v) is 3.88. The molecule has 4 nitrogen and oxygen atoms in total. The van der Waals surface area contributed by atoms with E-state index in [2.05, 4.69) is 6.07 Å². The number of amides is 1. The molecule has 1 saturated heterocycles. The number of hydrogen-bond donors (Lipinski definition) is 0. The Bertz CT molecular complexity index is 548. The summed E-state index contributed by atoms with van der Waals surface area (Å²) in [5, 5.41) is -0.137. The monoisotopic (exact) mass is 325 g/mol. The van der Waals surface area contributed by atoms with E-state index in [0.717, 1.165) is 16.9 Å². The molecule has 1 atom stereocenters. The molecule has 1 aromatic rings. The summed E-state index contributed by atoms with van der Waals surface area (Å²) >= 11 is 6.75. The summed E-state index contributed by atoms with van der Waals surface area (Å²) in [5.74, 6) is 0.942. The van der Waals surface area contributed by atoms with E-state index < -0.39 is 0 Å². The lowest BCUT2D eigenvalue weighted by atomic mass is 10.1. The van der Waals surface area contributed by atoms with Crippen LogP contribution >= 0.6 is 24.0 Å². The van der Waals surface area contributed by atoms with Crippen LogP contribution in [0, 0.1) is 6.92 Å². The van der Waals surface area contributed by atoms with Gasteiger partial charge < -0.3 is 9.47 Å². The molecule has 1 fully saturated rings. The SMILES string of the molecule is COCCN1C(=O)[C@H](Cc2ccc(OC)c(C)c2)SC1=S. The zero-order valence-corrected chi connectivity index (χ0v) is 14.1. The fourth-order valence-electron chi connectivity index (χ4n) is 2.29. The molecule has 0 aliphatic carbocycles. The quantitative estimate of drug-likeness (QED) is 0.751. The average Bonchev–Trinajstić information content (AvgIpc) is 2.72. The van der Waals surface area contributed by atoms with E-state index >= 15 is 0 Å². The van der Waals surface area contributed by atoms with Crippen molar-refractivity contribution in [2.45, 2.75) is 18.6 Å². The molecule has 0 spiro atoms. The van der Waals surface area contributed by atoms with Crippen molar-refractivity contribution < 1.29 is 14.3 Å². The van der Waals surface area contributed by atoms with E-state index in [9.17, 15) is 4.79 Å². The largest absolute Gasteiger partial charge is 0.496 e. The van der Waals surface area contributed by atoms with Crippen LogP contribution in [0.3, 0.4) is 0 Å². The fraction of sp³-hybridized carbons (Fsp3) is 0.467. The molecule has 1 aliphatic rings. The van der Waals surface area contributed by atoms with Crippen LogP contribution in [0.25, 0.3) is 0 Å². The smallest absolute Gasteiger partial charge is 0.242 e. The molecule has 1 aliphatic heterocycles. The number of carbonyl (C=O) groups excluding carboxylic acids is 1. The lowest BCUT2D eigenvalue weighted by Gasteiger charge is -2.15. The standard InChI is InChI=1S/C15H19NO3S2/c1-10-8-11(4-5-12(10)19-3)9-13-14(17)16(6-7-18-2)15(20)21-13/h4-5,8,13H,6-7,9H2,1-3H3/t13-/m0/s1. The minimum absolute atomic E-state index is 0.0792. The third-order valence-corrected chi connectivity index (χ3v) is 4.99. The van der Waals surface area contributed by atoms with Crippen LogP contribution in [0.2, 0.25) is 0 Å². The van der Waals surface area contributed by atoms with Gasteiger partial charge in [-0.05, 0) is 30.5 Å². The lowest BCUT2D eigenvalue weighted by Crippen LogP contribution is -2.34. The molecule has 0 N–H and O–H groups in total. The topological polar surface area (TPSA) is 38.8 Å². The highest BCUT2D eigenvalue weighted by atomic mass is 32.2. The molecule has 6 heteroatoms. The molecule has 0 bridgehead atoms. The Hall–Kier alpha value is -1.11. The van der Waals surface area contributed by atoms with E-state index in [1.54, 1.807) is 19.1 Å². The Balaban J connectivity index is 2.05. The van der Waals surface area contributed by atoms with Crippen LogP contribution in [0.15, 0.2) is 18.2 Å². The lowest BCUT2D eigenvalue weighted by molar-refractivity contribution is -0.126.